The minimum atomic E-state index is -3.48. The van der Waals surface area contributed by atoms with Gasteiger partial charge in [-0.1, -0.05) is 33.8 Å². The Morgan fingerprint density at radius 3 is 2.29 bits per heavy atom. The van der Waals surface area contributed by atoms with Gasteiger partial charge >= 0.3 is 0 Å². The zero-order valence-corrected chi connectivity index (χ0v) is 15.5. The van der Waals surface area contributed by atoms with Gasteiger partial charge in [-0.2, -0.15) is 0 Å². The highest BCUT2D eigenvalue weighted by Gasteiger charge is 2.20. The number of hydrogen-bond donors (Lipinski definition) is 2. The zero-order valence-electron chi connectivity index (χ0n) is 13.1. The van der Waals surface area contributed by atoms with Gasteiger partial charge in [-0.25, -0.2) is 13.1 Å². The highest BCUT2D eigenvalue weighted by atomic mass is 79.9. The molecule has 0 aliphatic heterocycles. The van der Waals surface area contributed by atoms with Crippen LogP contribution in [-0.2, 0) is 16.6 Å². The minimum absolute atomic E-state index is 0.0239. The van der Waals surface area contributed by atoms with E-state index in [1.54, 1.807) is 6.07 Å². The van der Waals surface area contributed by atoms with Crippen molar-refractivity contribution < 1.29 is 8.42 Å². The van der Waals surface area contributed by atoms with Crippen LogP contribution < -0.4 is 10.0 Å². The molecular weight excluding hydrogens is 352 g/mol. The number of nitrogens with one attached hydrogen (secondary N) is 2. The van der Waals surface area contributed by atoms with Crippen LogP contribution in [0.1, 0.15) is 46.1 Å². The van der Waals surface area contributed by atoms with Gasteiger partial charge in [0.15, 0.2) is 0 Å². The van der Waals surface area contributed by atoms with Crippen molar-refractivity contribution in [2.45, 2.75) is 64.1 Å². The third-order valence-corrected chi connectivity index (χ3v) is 5.80. The Labute approximate surface area is 136 Å². The van der Waals surface area contributed by atoms with Gasteiger partial charge in [-0.15, -0.1) is 0 Å². The molecule has 6 heteroatoms. The number of halogens is 1. The van der Waals surface area contributed by atoms with Crippen LogP contribution in [0, 0.1) is 0 Å². The second kappa shape index (κ2) is 8.27. The van der Waals surface area contributed by atoms with E-state index < -0.39 is 10.0 Å². The van der Waals surface area contributed by atoms with E-state index in [0.29, 0.717) is 15.4 Å². The predicted octanol–water partition coefficient (Wildman–Crippen LogP) is 3.41. The second-order valence-electron chi connectivity index (χ2n) is 5.44. The summed E-state index contributed by atoms with van der Waals surface area (Å²) in [5.74, 6) is 0. The predicted molar refractivity (Wildman–Crippen MR) is 90.8 cm³/mol. The van der Waals surface area contributed by atoms with Gasteiger partial charge < -0.3 is 5.32 Å². The first-order valence-corrected chi connectivity index (χ1v) is 9.61. The van der Waals surface area contributed by atoms with E-state index in [1.807, 2.05) is 26.0 Å². The van der Waals surface area contributed by atoms with Crippen LogP contribution in [0.4, 0.5) is 0 Å². The van der Waals surface area contributed by atoms with E-state index in [9.17, 15) is 8.42 Å². The molecule has 0 spiro atoms. The third-order valence-electron chi connectivity index (χ3n) is 3.31. The standard InChI is InChI=1S/C15H25BrN2O2S/c1-5-13(6-2)18-21(19,20)15-8-7-12(9-14(15)16)10-17-11(3)4/h7-9,11,13,17-18H,5-6,10H2,1-4H3. The molecule has 0 saturated heterocycles. The Bertz CT molecular complexity index is 555. The first kappa shape index (κ1) is 18.6. The maximum Gasteiger partial charge on any atom is 0.241 e. The van der Waals surface area contributed by atoms with Crippen LogP contribution in [-0.4, -0.2) is 20.5 Å². The minimum Gasteiger partial charge on any atom is -0.310 e. The van der Waals surface area contributed by atoms with Crippen molar-refractivity contribution in [3.63, 3.8) is 0 Å². The molecule has 0 saturated carbocycles. The van der Waals surface area contributed by atoms with Gasteiger partial charge in [-0.3, -0.25) is 0 Å². The molecule has 0 aromatic heterocycles. The van der Waals surface area contributed by atoms with E-state index in [2.05, 4.69) is 39.8 Å². The van der Waals surface area contributed by atoms with Crippen molar-refractivity contribution >= 4 is 26.0 Å². The fourth-order valence-corrected chi connectivity index (χ4v) is 4.46. The van der Waals surface area contributed by atoms with E-state index in [0.717, 1.165) is 24.9 Å². The number of hydrogen-bond acceptors (Lipinski definition) is 3. The average molecular weight is 377 g/mol. The Kier molecular flexibility index (Phi) is 7.33. The summed E-state index contributed by atoms with van der Waals surface area (Å²) in [6.45, 7) is 8.83. The van der Waals surface area contributed by atoms with Gasteiger partial charge in [0.2, 0.25) is 10.0 Å². The van der Waals surface area contributed by atoms with Crippen LogP contribution in [0.15, 0.2) is 27.6 Å². The van der Waals surface area contributed by atoms with Crippen molar-refractivity contribution in [2.75, 3.05) is 0 Å². The highest BCUT2D eigenvalue weighted by Crippen LogP contribution is 2.24. The summed E-state index contributed by atoms with van der Waals surface area (Å²) in [4.78, 5) is 0.294. The van der Waals surface area contributed by atoms with Crippen LogP contribution in [0.5, 0.6) is 0 Å². The average Bonchev–Trinajstić information content (AvgIpc) is 2.42. The van der Waals surface area contributed by atoms with Gasteiger partial charge in [0.25, 0.3) is 0 Å². The van der Waals surface area contributed by atoms with Gasteiger partial charge in [-0.05, 0) is 46.5 Å². The first-order chi connectivity index (χ1) is 9.80. The van der Waals surface area contributed by atoms with Crippen LogP contribution in [0.3, 0.4) is 0 Å². The molecule has 0 aliphatic carbocycles. The molecule has 21 heavy (non-hydrogen) atoms. The number of benzene rings is 1. The van der Waals surface area contributed by atoms with Crippen LogP contribution in [0.2, 0.25) is 0 Å². The monoisotopic (exact) mass is 376 g/mol. The summed E-state index contributed by atoms with van der Waals surface area (Å²) in [5, 5.41) is 3.31. The van der Waals surface area contributed by atoms with E-state index >= 15 is 0 Å². The molecular formula is C15H25BrN2O2S. The largest absolute Gasteiger partial charge is 0.310 e. The summed E-state index contributed by atoms with van der Waals surface area (Å²) in [5.41, 5.74) is 1.05. The lowest BCUT2D eigenvalue weighted by Crippen LogP contribution is -2.34. The Hall–Kier alpha value is -0.430. The molecule has 0 atom stereocenters. The first-order valence-electron chi connectivity index (χ1n) is 7.34. The second-order valence-corrected chi connectivity index (χ2v) is 7.97. The van der Waals surface area contributed by atoms with Crippen molar-refractivity contribution in [1.82, 2.24) is 10.0 Å². The van der Waals surface area contributed by atoms with Crippen molar-refractivity contribution in [3.05, 3.63) is 28.2 Å². The molecule has 4 nitrogen and oxygen atoms in total. The summed E-state index contributed by atoms with van der Waals surface area (Å²) in [7, 11) is -3.48. The normalized spacial score (nSPS) is 12.3. The Balaban J connectivity index is 2.93. The molecule has 1 aromatic carbocycles. The molecule has 0 amide bonds. The molecule has 0 aliphatic rings. The van der Waals surface area contributed by atoms with E-state index in [1.165, 1.54) is 0 Å². The van der Waals surface area contributed by atoms with Crippen LogP contribution in [0.25, 0.3) is 0 Å². The maximum absolute atomic E-state index is 12.4. The Morgan fingerprint density at radius 1 is 1.19 bits per heavy atom. The van der Waals surface area contributed by atoms with Gasteiger partial charge in [0.05, 0.1) is 4.90 Å². The smallest absolute Gasteiger partial charge is 0.241 e. The topological polar surface area (TPSA) is 58.2 Å². The van der Waals surface area contributed by atoms with Crippen molar-refractivity contribution in [2.24, 2.45) is 0 Å². The summed E-state index contributed by atoms with van der Waals surface area (Å²) < 4.78 is 28.2. The summed E-state index contributed by atoms with van der Waals surface area (Å²) in [6, 6.07) is 5.73. The quantitative estimate of drug-likeness (QED) is 0.730. The number of rotatable bonds is 8. The summed E-state index contributed by atoms with van der Waals surface area (Å²) >= 11 is 3.38. The highest BCUT2D eigenvalue weighted by molar-refractivity contribution is 9.10. The maximum atomic E-state index is 12.4. The van der Waals surface area contributed by atoms with Crippen LogP contribution >= 0.6 is 15.9 Å². The van der Waals surface area contributed by atoms with Gasteiger partial charge in [0, 0.05) is 23.1 Å². The third kappa shape index (κ3) is 5.70. The molecule has 2 N–H and O–H groups in total. The lowest BCUT2D eigenvalue weighted by Gasteiger charge is -2.16. The molecule has 0 radical (unpaired) electrons. The molecule has 0 heterocycles. The molecule has 1 rings (SSSR count). The molecule has 0 unspecified atom stereocenters. The molecule has 0 fully saturated rings. The Morgan fingerprint density at radius 2 is 1.81 bits per heavy atom. The molecule has 1 aromatic rings. The zero-order chi connectivity index (χ0) is 16.0. The van der Waals surface area contributed by atoms with Crippen molar-refractivity contribution in [3.8, 4) is 0 Å². The van der Waals surface area contributed by atoms with Crippen molar-refractivity contribution in [1.29, 1.82) is 0 Å². The lowest BCUT2D eigenvalue weighted by molar-refractivity contribution is 0.530. The fourth-order valence-electron chi connectivity index (χ4n) is 1.93. The SMILES string of the molecule is CCC(CC)NS(=O)(=O)c1ccc(CNC(C)C)cc1Br. The van der Waals surface area contributed by atoms with E-state index in [4.69, 9.17) is 0 Å². The molecule has 0 bridgehead atoms. The molecule has 120 valence electrons. The lowest BCUT2D eigenvalue weighted by atomic mass is 10.2. The van der Waals surface area contributed by atoms with E-state index in [-0.39, 0.29) is 6.04 Å². The van der Waals surface area contributed by atoms with Gasteiger partial charge in [0.1, 0.15) is 0 Å². The summed E-state index contributed by atoms with van der Waals surface area (Å²) in [6.07, 6.45) is 1.56. The number of sulfonamides is 1. The fraction of sp³-hybridized carbons (Fsp3) is 0.600.